The Morgan fingerprint density at radius 1 is 1.35 bits per heavy atom. The maximum atomic E-state index is 12.1. The summed E-state index contributed by atoms with van der Waals surface area (Å²) in [5.41, 5.74) is 1.36. The lowest BCUT2D eigenvalue weighted by Crippen LogP contribution is -2.22. The second-order valence-corrected chi connectivity index (χ2v) is 4.38. The molecular weight excluding hydrogens is 254 g/mol. The monoisotopic (exact) mass is 267 g/mol. The minimum atomic E-state index is -0.461. The van der Waals surface area contributed by atoms with E-state index in [-0.39, 0.29) is 11.3 Å². The van der Waals surface area contributed by atoms with E-state index >= 15 is 0 Å². The van der Waals surface area contributed by atoms with E-state index < -0.39 is 5.56 Å². The highest BCUT2D eigenvalue weighted by atomic mass is 16.3. The first-order valence-corrected chi connectivity index (χ1v) is 6.00. The van der Waals surface area contributed by atoms with Crippen molar-refractivity contribution in [2.24, 2.45) is 5.10 Å². The lowest BCUT2D eigenvalue weighted by molar-refractivity contribution is 0.474. The van der Waals surface area contributed by atoms with Gasteiger partial charge in [-0.25, -0.2) is 4.68 Å². The number of aromatic nitrogens is 1. The van der Waals surface area contributed by atoms with Crippen LogP contribution in [0.3, 0.4) is 0 Å². The maximum Gasteiger partial charge on any atom is 0.289 e. The van der Waals surface area contributed by atoms with Crippen LogP contribution in [0.25, 0.3) is 0 Å². The molecule has 0 unspecified atom stereocenters. The van der Waals surface area contributed by atoms with Gasteiger partial charge in [0.15, 0.2) is 0 Å². The van der Waals surface area contributed by atoms with E-state index in [9.17, 15) is 9.90 Å². The third-order valence-electron chi connectivity index (χ3n) is 2.92. The van der Waals surface area contributed by atoms with Crippen LogP contribution in [0.15, 0.2) is 40.2 Å². The Morgan fingerprint density at radius 2 is 2.05 bits per heavy atom. The number of hydrogen-bond donors (Lipinski definition) is 1. The second-order valence-electron chi connectivity index (χ2n) is 4.38. The SMILES string of the molecule is Cc1cc(C)n(/N=C/c2ccccc2O)c(=O)c1C#N. The predicted molar refractivity (Wildman–Crippen MR) is 76.0 cm³/mol. The first kappa shape index (κ1) is 13.6. The van der Waals surface area contributed by atoms with Crippen molar-refractivity contribution in [3.05, 3.63) is 63.1 Å². The number of phenolic OH excluding ortho intramolecular Hbond substituents is 1. The van der Waals surface area contributed by atoms with Gasteiger partial charge in [-0.2, -0.15) is 10.4 Å². The van der Waals surface area contributed by atoms with E-state index in [2.05, 4.69) is 5.10 Å². The van der Waals surface area contributed by atoms with Gasteiger partial charge in [-0.05, 0) is 37.6 Å². The average molecular weight is 267 g/mol. The summed E-state index contributed by atoms with van der Waals surface area (Å²) < 4.78 is 1.15. The molecule has 1 aromatic carbocycles. The minimum absolute atomic E-state index is 0.0741. The Kier molecular flexibility index (Phi) is 3.67. The van der Waals surface area contributed by atoms with Crippen LogP contribution >= 0.6 is 0 Å². The quantitative estimate of drug-likeness (QED) is 0.844. The van der Waals surface area contributed by atoms with Crippen molar-refractivity contribution >= 4 is 6.21 Å². The predicted octanol–water partition coefficient (Wildman–Crippen LogP) is 1.92. The molecule has 0 aliphatic rings. The van der Waals surface area contributed by atoms with Gasteiger partial charge in [0, 0.05) is 11.3 Å². The number of hydrogen-bond acceptors (Lipinski definition) is 4. The zero-order valence-corrected chi connectivity index (χ0v) is 11.2. The molecule has 2 aromatic rings. The molecule has 2 rings (SSSR count). The topological polar surface area (TPSA) is 78.4 Å². The van der Waals surface area contributed by atoms with E-state index in [0.29, 0.717) is 16.8 Å². The highest BCUT2D eigenvalue weighted by Crippen LogP contribution is 2.13. The fourth-order valence-corrected chi connectivity index (χ4v) is 1.88. The van der Waals surface area contributed by atoms with Crippen molar-refractivity contribution < 1.29 is 5.11 Å². The van der Waals surface area contributed by atoms with Gasteiger partial charge >= 0.3 is 0 Å². The van der Waals surface area contributed by atoms with E-state index in [1.165, 1.54) is 12.3 Å². The molecule has 0 saturated heterocycles. The van der Waals surface area contributed by atoms with Crippen molar-refractivity contribution in [1.82, 2.24) is 4.68 Å². The Labute approximate surface area is 116 Å². The van der Waals surface area contributed by atoms with Crippen LogP contribution in [0, 0.1) is 25.2 Å². The average Bonchev–Trinajstić information content (AvgIpc) is 2.40. The molecule has 20 heavy (non-hydrogen) atoms. The lowest BCUT2D eigenvalue weighted by Gasteiger charge is -2.06. The van der Waals surface area contributed by atoms with Crippen LogP contribution in [-0.2, 0) is 0 Å². The van der Waals surface area contributed by atoms with Crippen LogP contribution in [0.1, 0.15) is 22.4 Å². The van der Waals surface area contributed by atoms with E-state index in [4.69, 9.17) is 5.26 Å². The normalized spacial score (nSPS) is 10.7. The summed E-state index contributed by atoms with van der Waals surface area (Å²) in [4.78, 5) is 12.1. The van der Waals surface area contributed by atoms with Gasteiger partial charge in [0.25, 0.3) is 5.56 Å². The van der Waals surface area contributed by atoms with E-state index in [1.54, 1.807) is 38.1 Å². The molecule has 0 fully saturated rings. The Bertz CT molecular complexity index is 783. The van der Waals surface area contributed by atoms with Gasteiger partial charge in [0.2, 0.25) is 0 Å². The number of phenols is 1. The summed E-state index contributed by atoms with van der Waals surface area (Å²) in [6.45, 7) is 3.45. The van der Waals surface area contributed by atoms with Gasteiger partial charge in [0.05, 0.1) is 6.21 Å². The number of benzene rings is 1. The zero-order valence-electron chi connectivity index (χ0n) is 11.2. The Morgan fingerprint density at radius 3 is 2.70 bits per heavy atom. The fraction of sp³-hybridized carbons (Fsp3) is 0.133. The van der Waals surface area contributed by atoms with Crippen molar-refractivity contribution in [1.29, 1.82) is 5.26 Å². The molecule has 0 aliphatic carbocycles. The van der Waals surface area contributed by atoms with Crippen LogP contribution < -0.4 is 5.56 Å². The largest absolute Gasteiger partial charge is 0.507 e. The fourth-order valence-electron chi connectivity index (χ4n) is 1.88. The smallest absolute Gasteiger partial charge is 0.289 e. The molecule has 5 heteroatoms. The summed E-state index contributed by atoms with van der Waals surface area (Å²) in [6.07, 6.45) is 1.39. The molecule has 1 heterocycles. The minimum Gasteiger partial charge on any atom is -0.507 e. The van der Waals surface area contributed by atoms with Crippen molar-refractivity contribution in [3.63, 3.8) is 0 Å². The van der Waals surface area contributed by atoms with Gasteiger partial charge in [-0.3, -0.25) is 4.79 Å². The molecule has 0 bridgehead atoms. The highest BCUT2D eigenvalue weighted by Gasteiger charge is 2.09. The van der Waals surface area contributed by atoms with Crippen LogP contribution in [-0.4, -0.2) is 16.0 Å². The molecule has 100 valence electrons. The molecule has 5 nitrogen and oxygen atoms in total. The third-order valence-corrected chi connectivity index (χ3v) is 2.92. The molecule has 0 saturated carbocycles. The molecule has 0 atom stereocenters. The van der Waals surface area contributed by atoms with Crippen molar-refractivity contribution in [2.45, 2.75) is 13.8 Å². The molecule has 0 radical (unpaired) electrons. The van der Waals surface area contributed by atoms with Gasteiger partial charge in [-0.15, -0.1) is 0 Å². The summed E-state index contributed by atoms with van der Waals surface area (Å²) in [7, 11) is 0. The molecular formula is C15H13N3O2. The summed E-state index contributed by atoms with van der Waals surface area (Å²) >= 11 is 0. The number of nitriles is 1. The molecule has 1 N–H and O–H groups in total. The third kappa shape index (κ3) is 2.45. The number of pyridine rings is 1. The van der Waals surface area contributed by atoms with E-state index in [1.807, 2.05) is 6.07 Å². The number of aryl methyl sites for hydroxylation is 2. The second kappa shape index (κ2) is 5.41. The number of para-hydroxylation sites is 1. The molecule has 1 aromatic heterocycles. The number of rotatable bonds is 2. The Balaban J connectivity index is 2.53. The highest BCUT2D eigenvalue weighted by molar-refractivity contribution is 5.83. The first-order valence-electron chi connectivity index (χ1n) is 6.00. The number of nitrogens with zero attached hydrogens (tertiary/aromatic N) is 3. The first-order chi connectivity index (χ1) is 9.54. The van der Waals surface area contributed by atoms with E-state index in [0.717, 1.165) is 4.68 Å². The molecule has 0 amide bonds. The molecule has 0 aliphatic heterocycles. The van der Waals surface area contributed by atoms with Crippen molar-refractivity contribution in [3.8, 4) is 11.8 Å². The van der Waals surface area contributed by atoms with Crippen LogP contribution in [0.5, 0.6) is 5.75 Å². The van der Waals surface area contributed by atoms with Gasteiger partial charge in [-0.1, -0.05) is 12.1 Å². The van der Waals surface area contributed by atoms with Crippen LogP contribution in [0.2, 0.25) is 0 Å². The van der Waals surface area contributed by atoms with Gasteiger partial charge < -0.3 is 5.11 Å². The summed E-state index contributed by atoms with van der Waals surface area (Å²) in [5, 5.41) is 22.7. The Hall–Kier alpha value is -2.87. The lowest BCUT2D eigenvalue weighted by atomic mass is 10.1. The molecule has 0 spiro atoms. The summed E-state index contributed by atoms with van der Waals surface area (Å²) in [6, 6.07) is 10.3. The zero-order chi connectivity index (χ0) is 14.7. The standard InChI is InChI=1S/C15H13N3O2/c1-10-7-11(2)18(15(20)13(10)8-16)17-9-12-5-3-4-6-14(12)19/h3-7,9,19H,1-2H3/b17-9+. The summed E-state index contributed by atoms with van der Waals surface area (Å²) in [5.74, 6) is 0.0783. The van der Waals surface area contributed by atoms with Gasteiger partial charge in [0.1, 0.15) is 17.4 Å². The van der Waals surface area contributed by atoms with Crippen molar-refractivity contribution in [2.75, 3.05) is 0 Å². The van der Waals surface area contributed by atoms with Crippen LogP contribution in [0.4, 0.5) is 0 Å². The maximum absolute atomic E-state index is 12.1. The number of aromatic hydroxyl groups is 1.